The maximum Gasteiger partial charge on any atom is 0.148 e. The zero-order chi connectivity index (χ0) is 6.97. The van der Waals surface area contributed by atoms with E-state index in [1.54, 1.807) is 0 Å². The first-order chi connectivity index (χ1) is 4.86. The SMILES string of the molecule is NC1CCC2=C(C=C=C2)O1. The molecule has 0 aromatic carbocycles. The Hall–Kier alpha value is -0.980. The molecule has 0 aromatic rings. The molecule has 10 heavy (non-hydrogen) atoms. The summed E-state index contributed by atoms with van der Waals surface area (Å²) in [6.45, 7) is 0. The van der Waals surface area contributed by atoms with Crippen LogP contribution in [0.3, 0.4) is 0 Å². The Labute approximate surface area is 59.7 Å². The second-order valence-electron chi connectivity index (χ2n) is 2.54. The van der Waals surface area contributed by atoms with E-state index in [9.17, 15) is 0 Å². The maximum absolute atomic E-state index is 5.57. The summed E-state index contributed by atoms with van der Waals surface area (Å²) >= 11 is 0. The van der Waals surface area contributed by atoms with E-state index in [1.807, 2.05) is 12.2 Å². The van der Waals surface area contributed by atoms with Gasteiger partial charge in [-0.05, 0) is 12.5 Å². The fraction of sp³-hybridized carbons (Fsp3) is 0.375. The van der Waals surface area contributed by atoms with Crippen LogP contribution in [0, 0.1) is 0 Å². The van der Waals surface area contributed by atoms with Crippen LogP contribution in [0.4, 0.5) is 0 Å². The number of hydrogen-bond donors (Lipinski definition) is 1. The topological polar surface area (TPSA) is 35.2 Å². The molecule has 2 heteroatoms. The molecule has 1 aliphatic carbocycles. The summed E-state index contributed by atoms with van der Waals surface area (Å²) in [6.07, 6.45) is 5.64. The van der Waals surface area contributed by atoms with Crippen LogP contribution in [-0.2, 0) is 4.74 Å². The van der Waals surface area contributed by atoms with Crippen molar-refractivity contribution < 1.29 is 4.74 Å². The van der Waals surface area contributed by atoms with Gasteiger partial charge in [0.2, 0.25) is 0 Å². The monoisotopic (exact) mass is 135 g/mol. The molecule has 2 nitrogen and oxygen atoms in total. The van der Waals surface area contributed by atoms with Gasteiger partial charge in [0, 0.05) is 18.1 Å². The van der Waals surface area contributed by atoms with Crippen LogP contribution in [0.25, 0.3) is 0 Å². The van der Waals surface area contributed by atoms with E-state index in [4.69, 9.17) is 10.5 Å². The van der Waals surface area contributed by atoms with Gasteiger partial charge in [-0.25, -0.2) is 0 Å². The third kappa shape index (κ3) is 0.783. The van der Waals surface area contributed by atoms with Crippen molar-refractivity contribution in [3.05, 3.63) is 29.2 Å². The summed E-state index contributed by atoms with van der Waals surface area (Å²) in [5.41, 5.74) is 9.79. The standard InChI is InChI=1S/C8H9NO/c9-8-5-4-6-2-1-3-7(6)10-8/h2-3,8H,4-5,9H2. The van der Waals surface area contributed by atoms with Gasteiger partial charge in [-0.1, -0.05) is 0 Å². The molecule has 2 rings (SSSR count). The Bertz CT molecular complexity index is 246. The van der Waals surface area contributed by atoms with Crippen LogP contribution in [0.5, 0.6) is 0 Å². The first kappa shape index (κ1) is 5.78. The first-order valence-corrected chi connectivity index (χ1v) is 3.44. The zero-order valence-electron chi connectivity index (χ0n) is 5.63. The molecule has 0 amide bonds. The van der Waals surface area contributed by atoms with Crippen molar-refractivity contribution >= 4 is 0 Å². The molecule has 1 unspecified atom stereocenters. The normalized spacial score (nSPS) is 28.7. The summed E-state index contributed by atoms with van der Waals surface area (Å²) in [6, 6.07) is 0. The van der Waals surface area contributed by atoms with Crippen LogP contribution < -0.4 is 5.73 Å². The van der Waals surface area contributed by atoms with Crippen molar-refractivity contribution in [2.75, 3.05) is 0 Å². The highest BCUT2D eigenvalue weighted by Gasteiger charge is 2.17. The van der Waals surface area contributed by atoms with Gasteiger partial charge in [0.1, 0.15) is 12.0 Å². The average molecular weight is 135 g/mol. The van der Waals surface area contributed by atoms with Crippen LogP contribution >= 0.6 is 0 Å². The largest absolute Gasteiger partial charge is 0.475 e. The summed E-state index contributed by atoms with van der Waals surface area (Å²) in [7, 11) is 0. The Morgan fingerprint density at radius 2 is 2.50 bits per heavy atom. The van der Waals surface area contributed by atoms with Crippen molar-refractivity contribution in [3.63, 3.8) is 0 Å². The van der Waals surface area contributed by atoms with Crippen molar-refractivity contribution in [1.82, 2.24) is 0 Å². The number of rotatable bonds is 0. The molecule has 52 valence electrons. The number of allylic oxidation sites excluding steroid dienone is 2. The lowest BCUT2D eigenvalue weighted by molar-refractivity contribution is 0.108. The fourth-order valence-corrected chi connectivity index (χ4v) is 1.21. The molecule has 2 aliphatic rings. The molecule has 2 N–H and O–H groups in total. The van der Waals surface area contributed by atoms with Crippen LogP contribution in [0.1, 0.15) is 12.8 Å². The number of ether oxygens (including phenoxy) is 1. The van der Waals surface area contributed by atoms with E-state index < -0.39 is 0 Å². The second kappa shape index (κ2) is 2.01. The van der Waals surface area contributed by atoms with Gasteiger partial charge < -0.3 is 4.74 Å². The molecule has 0 spiro atoms. The summed E-state index contributed by atoms with van der Waals surface area (Å²) in [5, 5.41) is 0. The van der Waals surface area contributed by atoms with E-state index in [2.05, 4.69) is 5.73 Å². The number of nitrogens with two attached hydrogens (primary N) is 1. The summed E-state index contributed by atoms with van der Waals surface area (Å²) in [4.78, 5) is 0. The lowest BCUT2D eigenvalue weighted by Gasteiger charge is -2.20. The van der Waals surface area contributed by atoms with E-state index in [0.717, 1.165) is 18.6 Å². The van der Waals surface area contributed by atoms with Crippen LogP contribution in [0.15, 0.2) is 29.2 Å². The van der Waals surface area contributed by atoms with Crippen molar-refractivity contribution in [3.8, 4) is 0 Å². The predicted octanol–water partition coefficient (Wildman–Crippen LogP) is 1.06. The lowest BCUT2D eigenvalue weighted by atomic mass is 10.1. The lowest BCUT2D eigenvalue weighted by Crippen LogP contribution is -2.26. The molecule has 0 radical (unpaired) electrons. The zero-order valence-corrected chi connectivity index (χ0v) is 5.63. The molecule has 0 fully saturated rings. The minimum Gasteiger partial charge on any atom is -0.475 e. The Kier molecular flexibility index (Phi) is 1.16. The van der Waals surface area contributed by atoms with Gasteiger partial charge in [-0.3, -0.25) is 5.73 Å². The molecule has 0 saturated carbocycles. The van der Waals surface area contributed by atoms with Crippen LogP contribution in [-0.4, -0.2) is 6.23 Å². The van der Waals surface area contributed by atoms with Crippen molar-refractivity contribution in [2.24, 2.45) is 5.73 Å². The molecule has 1 heterocycles. The number of hydrogen-bond acceptors (Lipinski definition) is 2. The molecule has 0 aromatic heterocycles. The predicted molar refractivity (Wildman–Crippen MR) is 38.0 cm³/mol. The minimum atomic E-state index is -0.108. The van der Waals surface area contributed by atoms with Gasteiger partial charge >= 0.3 is 0 Å². The van der Waals surface area contributed by atoms with Gasteiger partial charge in [-0.15, -0.1) is 5.73 Å². The second-order valence-corrected chi connectivity index (χ2v) is 2.54. The molecular formula is C8H9NO. The third-order valence-corrected chi connectivity index (χ3v) is 1.77. The molecule has 1 aliphatic heterocycles. The Morgan fingerprint density at radius 3 is 3.40 bits per heavy atom. The van der Waals surface area contributed by atoms with Gasteiger partial charge in [-0.2, -0.15) is 0 Å². The summed E-state index contributed by atoms with van der Waals surface area (Å²) in [5.74, 6) is 0.916. The van der Waals surface area contributed by atoms with E-state index in [0.29, 0.717) is 0 Å². The quantitative estimate of drug-likeness (QED) is 0.504. The highest BCUT2D eigenvalue weighted by atomic mass is 16.5. The van der Waals surface area contributed by atoms with Gasteiger partial charge in [0.15, 0.2) is 0 Å². The molecule has 0 bridgehead atoms. The minimum absolute atomic E-state index is 0.108. The highest BCUT2D eigenvalue weighted by molar-refractivity contribution is 5.36. The van der Waals surface area contributed by atoms with E-state index >= 15 is 0 Å². The molecular weight excluding hydrogens is 126 g/mol. The fourth-order valence-electron chi connectivity index (χ4n) is 1.21. The van der Waals surface area contributed by atoms with Gasteiger partial charge in [0.25, 0.3) is 0 Å². The van der Waals surface area contributed by atoms with Crippen molar-refractivity contribution in [2.45, 2.75) is 19.1 Å². The molecule has 0 saturated heterocycles. The van der Waals surface area contributed by atoms with Crippen LogP contribution in [0.2, 0.25) is 0 Å². The highest BCUT2D eigenvalue weighted by Crippen LogP contribution is 2.25. The maximum atomic E-state index is 5.57. The third-order valence-electron chi connectivity index (χ3n) is 1.77. The van der Waals surface area contributed by atoms with E-state index in [1.165, 1.54) is 5.57 Å². The van der Waals surface area contributed by atoms with Gasteiger partial charge in [0.05, 0.1) is 0 Å². The average Bonchev–Trinajstić information content (AvgIpc) is 2.33. The summed E-state index contributed by atoms with van der Waals surface area (Å²) < 4.78 is 5.32. The smallest absolute Gasteiger partial charge is 0.148 e. The Morgan fingerprint density at radius 1 is 1.60 bits per heavy atom. The first-order valence-electron chi connectivity index (χ1n) is 3.44. The Balaban J connectivity index is 2.24. The van der Waals surface area contributed by atoms with Crippen molar-refractivity contribution in [1.29, 1.82) is 0 Å². The molecule has 1 atom stereocenters. The van der Waals surface area contributed by atoms with E-state index in [-0.39, 0.29) is 6.23 Å².